The van der Waals surface area contributed by atoms with E-state index in [1.54, 1.807) is 7.11 Å². The lowest BCUT2D eigenvalue weighted by atomic mass is 10.0. The van der Waals surface area contributed by atoms with Crippen LogP contribution < -0.4 is 10.1 Å². The number of hydrogen-bond acceptors (Lipinski definition) is 5. The van der Waals surface area contributed by atoms with Crippen molar-refractivity contribution < 1.29 is 13.9 Å². The molecule has 0 saturated carbocycles. The van der Waals surface area contributed by atoms with Crippen LogP contribution in [0.3, 0.4) is 0 Å². The average molecular weight is 365 g/mol. The van der Waals surface area contributed by atoms with Crippen molar-refractivity contribution >= 4 is 11.6 Å². The average Bonchev–Trinajstić information content (AvgIpc) is 3.12. The molecule has 140 valence electrons. The third-order valence-corrected chi connectivity index (χ3v) is 4.29. The lowest BCUT2D eigenvalue weighted by molar-refractivity contribution is -0.116. The van der Waals surface area contributed by atoms with Gasteiger partial charge in [0.1, 0.15) is 5.75 Å². The summed E-state index contributed by atoms with van der Waals surface area (Å²) in [4.78, 5) is 12.3. The number of amides is 1. The van der Waals surface area contributed by atoms with Crippen molar-refractivity contribution in [2.24, 2.45) is 0 Å². The van der Waals surface area contributed by atoms with Gasteiger partial charge in [0, 0.05) is 24.1 Å². The number of nitrogens with one attached hydrogen (secondary N) is 1. The molecule has 0 saturated heterocycles. The molecule has 1 aromatic heterocycles. The van der Waals surface area contributed by atoms with Crippen molar-refractivity contribution in [3.63, 3.8) is 0 Å². The maximum atomic E-state index is 12.3. The Hall–Kier alpha value is -3.15. The molecule has 6 nitrogen and oxygen atoms in total. The van der Waals surface area contributed by atoms with Gasteiger partial charge in [0.05, 0.1) is 7.11 Å². The molecule has 0 aliphatic rings. The van der Waals surface area contributed by atoms with E-state index >= 15 is 0 Å². The maximum absolute atomic E-state index is 12.3. The molecule has 0 aliphatic heterocycles. The van der Waals surface area contributed by atoms with E-state index < -0.39 is 0 Å². The highest BCUT2D eigenvalue weighted by Crippen LogP contribution is 2.24. The van der Waals surface area contributed by atoms with Crippen LogP contribution in [0, 0.1) is 20.8 Å². The third kappa shape index (κ3) is 4.53. The molecule has 2 aromatic carbocycles. The number of methoxy groups -OCH3 is 1. The maximum Gasteiger partial charge on any atom is 0.247 e. The molecule has 0 radical (unpaired) electrons. The van der Waals surface area contributed by atoms with Crippen molar-refractivity contribution in [1.82, 2.24) is 10.2 Å². The Morgan fingerprint density at radius 2 is 1.85 bits per heavy atom. The van der Waals surface area contributed by atoms with Crippen LogP contribution in [0.4, 0.5) is 5.69 Å². The van der Waals surface area contributed by atoms with E-state index in [-0.39, 0.29) is 12.3 Å². The number of aryl methyl sites for hydroxylation is 4. The summed E-state index contributed by atoms with van der Waals surface area (Å²) in [5, 5.41) is 11.1. The number of anilines is 1. The summed E-state index contributed by atoms with van der Waals surface area (Å²) >= 11 is 0. The first-order chi connectivity index (χ1) is 13.0. The monoisotopic (exact) mass is 365 g/mol. The van der Waals surface area contributed by atoms with Crippen LogP contribution in [0.5, 0.6) is 5.75 Å². The summed E-state index contributed by atoms with van der Waals surface area (Å²) in [7, 11) is 1.61. The molecule has 0 atom stereocenters. The molecule has 0 spiro atoms. The smallest absolute Gasteiger partial charge is 0.247 e. The minimum Gasteiger partial charge on any atom is -0.497 e. The second-order valence-electron chi connectivity index (χ2n) is 6.55. The van der Waals surface area contributed by atoms with Crippen LogP contribution in [-0.4, -0.2) is 23.2 Å². The lowest BCUT2D eigenvalue weighted by Crippen LogP contribution is -2.14. The lowest BCUT2D eigenvalue weighted by Gasteiger charge is -2.12. The minimum absolute atomic E-state index is 0.0776. The van der Waals surface area contributed by atoms with Crippen LogP contribution in [0.2, 0.25) is 0 Å². The molecule has 27 heavy (non-hydrogen) atoms. The summed E-state index contributed by atoms with van der Waals surface area (Å²) in [6.07, 6.45) is 0.652. The zero-order valence-corrected chi connectivity index (χ0v) is 16.0. The number of benzene rings is 2. The van der Waals surface area contributed by atoms with Crippen molar-refractivity contribution in [2.45, 2.75) is 33.6 Å². The Bertz CT molecular complexity index is 940. The summed E-state index contributed by atoms with van der Waals surface area (Å²) in [6.45, 7) is 6.03. The minimum atomic E-state index is -0.0776. The number of hydrogen-bond donors (Lipinski definition) is 1. The van der Waals surface area contributed by atoms with Crippen LogP contribution in [-0.2, 0) is 11.2 Å². The fraction of sp³-hybridized carbons (Fsp3) is 0.286. The van der Waals surface area contributed by atoms with Gasteiger partial charge in [-0.2, -0.15) is 0 Å². The number of carbonyl (C=O) groups excluding carboxylic acids is 1. The number of nitrogens with zero attached hydrogens (tertiary/aromatic N) is 2. The zero-order valence-electron chi connectivity index (χ0n) is 16.0. The van der Waals surface area contributed by atoms with Gasteiger partial charge in [-0.3, -0.25) is 4.79 Å². The fourth-order valence-electron chi connectivity index (χ4n) is 3.03. The second-order valence-corrected chi connectivity index (χ2v) is 6.55. The van der Waals surface area contributed by atoms with E-state index in [2.05, 4.69) is 27.6 Å². The number of aromatic nitrogens is 2. The molecular weight excluding hydrogens is 342 g/mol. The van der Waals surface area contributed by atoms with Gasteiger partial charge in [-0.05, 0) is 50.1 Å². The van der Waals surface area contributed by atoms with Gasteiger partial charge in [0.15, 0.2) is 0 Å². The Balaban J connectivity index is 1.62. The summed E-state index contributed by atoms with van der Waals surface area (Å²) in [5.74, 6) is 1.48. The molecule has 6 heteroatoms. The van der Waals surface area contributed by atoms with E-state index in [0.717, 1.165) is 28.1 Å². The number of carbonyl (C=O) groups is 1. The van der Waals surface area contributed by atoms with Gasteiger partial charge in [-0.25, -0.2) is 0 Å². The van der Waals surface area contributed by atoms with E-state index in [1.165, 1.54) is 5.56 Å². The molecule has 1 amide bonds. The molecule has 0 aliphatic carbocycles. The van der Waals surface area contributed by atoms with E-state index in [0.29, 0.717) is 18.2 Å². The predicted molar refractivity (Wildman–Crippen MR) is 104 cm³/mol. The summed E-state index contributed by atoms with van der Waals surface area (Å²) in [6, 6.07) is 11.5. The summed E-state index contributed by atoms with van der Waals surface area (Å²) < 4.78 is 10.9. The highest BCUT2D eigenvalue weighted by molar-refractivity contribution is 5.92. The molecule has 3 rings (SSSR count). The number of rotatable bonds is 6. The predicted octanol–water partition coefficient (Wildman–Crippen LogP) is 4.24. The Morgan fingerprint density at radius 3 is 2.56 bits per heavy atom. The van der Waals surface area contributed by atoms with Gasteiger partial charge >= 0.3 is 0 Å². The molecule has 1 N–H and O–H groups in total. The number of ether oxygens (including phenoxy) is 1. The van der Waals surface area contributed by atoms with Crippen molar-refractivity contribution in [1.29, 1.82) is 0 Å². The Kier molecular flexibility index (Phi) is 5.54. The first-order valence-electron chi connectivity index (χ1n) is 8.81. The van der Waals surface area contributed by atoms with Gasteiger partial charge in [-0.15, -0.1) is 10.2 Å². The normalized spacial score (nSPS) is 10.7. The quantitative estimate of drug-likeness (QED) is 0.707. The van der Waals surface area contributed by atoms with Crippen LogP contribution in [0.25, 0.3) is 11.5 Å². The first kappa shape index (κ1) is 18.6. The van der Waals surface area contributed by atoms with E-state index in [4.69, 9.17) is 9.15 Å². The first-order valence-corrected chi connectivity index (χ1v) is 8.81. The van der Waals surface area contributed by atoms with Crippen molar-refractivity contribution in [2.75, 3.05) is 12.4 Å². The molecule has 0 fully saturated rings. The van der Waals surface area contributed by atoms with Crippen LogP contribution >= 0.6 is 0 Å². The molecular formula is C21H23N3O3. The van der Waals surface area contributed by atoms with Gasteiger partial charge in [0.25, 0.3) is 0 Å². The van der Waals surface area contributed by atoms with Crippen LogP contribution in [0.15, 0.2) is 40.8 Å². The molecule has 3 aromatic rings. The Labute approximate surface area is 158 Å². The van der Waals surface area contributed by atoms with Crippen LogP contribution in [0.1, 0.15) is 29.0 Å². The van der Waals surface area contributed by atoms with E-state index in [9.17, 15) is 4.79 Å². The molecule has 0 unspecified atom stereocenters. The SMILES string of the molecule is COc1cccc(-c2nnc(CCC(=O)Nc3c(C)cc(C)cc3C)o2)c1. The Morgan fingerprint density at radius 1 is 1.11 bits per heavy atom. The summed E-state index contributed by atoms with van der Waals surface area (Å²) in [5.41, 5.74) is 4.94. The largest absolute Gasteiger partial charge is 0.497 e. The molecule has 0 bridgehead atoms. The standard InChI is InChI=1S/C21H23N3O3/c1-13-10-14(2)20(15(3)11-13)22-18(25)8-9-19-23-24-21(27-19)16-6-5-7-17(12-16)26-4/h5-7,10-12H,8-9H2,1-4H3,(H,22,25). The van der Waals surface area contributed by atoms with Crippen molar-refractivity contribution in [3.8, 4) is 17.2 Å². The van der Waals surface area contributed by atoms with Gasteiger partial charge in [0.2, 0.25) is 17.7 Å². The topological polar surface area (TPSA) is 77.2 Å². The highest BCUT2D eigenvalue weighted by atomic mass is 16.5. The molecule has 1 heterocycles. The van der Waals surface area contributed by atoms with Gasteiger partial charge < -0.3 is 14.5 Å². The van der Waals surface area contributed by atoms with E-state index in [1.807, 2.05) is 45.0 Å². The van der Waals surface area contributed by atoms with Crippen molar-refractivity contribution in [3.05, 3.63) is 59.0 Å². The third-order valence-electron chi connectivity index (χ3n) is 4.29. The van der Waals surface area contributed by atoms with Gasteiger partial charge in [-0.1, -0.05) is 23.8 Å². The fourth-order valence-corrected chi connectivity index (χ4v) is 3.03. The second kappa shape index (κ2) is 8.03. The highest BCUT2D eigenvalue weighted by Gasteiger charge is 2.13. The zero-order chi connectivity index (χ0) is 19.4.